The number of hydrogen-bond donors (Lipinski definition) is 1. The Bertz CT molecular complexity index is 1470. The van der Waals surface area contributed by atoms with Gasteiger partial charge in [-0.1, -0.05) is 29.3 Å². The largest absolute Gasteiger partial charge is 0.494 e. The predicted molar refractivity (Wildman–Crippen MR) is 162 cm³/mol. The van der Waals surface area contributed by atoms with E-state index in [1.807, 2.05) is 24.3 Å². The average molecular weight is 601 g/mol. The zero-order chi connectivity index (χ0) is 28.9. The first-order valence-corrected chi connectivity index (χ1v) is 14.9. The zero-order valence-corrected chi connectivity index (χ0v) is 24.4. The molecular weight excluding hydrogens is 565 g/mol. The van der Waals surface area contributed by atoms with E-state index < -0.39 is 17.5 Å². The van der Waals surface area contributed by atoms with Crippen LogP contribution in [0.5, 0.6) is 5.75 Å². The SMILES string of the molecule is NCC(=O)N1CCCC1C(=O)n1c(=O)ccc2ccc(OCCCCN3CCN(c4cccc(Cl)c4Cl)CC3)cc21. The highest BCUT2D eigenvalue weighted by atomic mass is 35.5. The second-order valence-electron chi connectivity index (χ2n) is 10.5. The number of ether oxygens (including phenoxy) is 1. The van der Waals surface area contributed by atoms with Gasteiger partial charge in [0.25, 0.3) is 11.5 Å². The summed E-state index contributed by atoms with van der Waals surface area (Å²) < 4.78 is 7.19. The van der Waals surface area contributed by atoms with E-state index in [0.29, 0.717) is 47.3 Å². The highest BCUT2D eigenvalue weighted by Crippen LogP contribution is 2.33. The Morgan fingerprint density at radius 2 is 1.76 bits per heavy atom. The van der Waals surface area contributed by atoms with Crippen molar-refractivity contribution in [3.63, 3.8) is 0 Å². The number of carbonyl (C=O) groups excluding carboxylic acids is 2. The molecular formula is C30H35Cl2N5O4. The van der Waals surface area contributed by atoms with Crippen molar-refractivity contribution in [2.24, 2.45) is 5.73 Å². The van der Waals surface area contributed by atoms with Crippen LogP contribution >= 0.6 is 23.2 Å². The molecule has 0 bridgehead atoms. The van der Waals surface area contributed by atoms with Crippen molar-refractivity contribution in [3.05, 3.63) is 68.9 Å². The first kappa shape index (κ1) is 29.4. The van der Waals surface area contributed by atoms with Crippen molar-refractivity contribution in [2.75, 3.05) is 57.3 Å². The van der Waals surface area contributed by atoms with Crippen LogP contribution in [0.1, 0.15) is 30.5 Å². The van der Waals surface area contributed by atoms with Gasteiger partial charge in [0.15, 0.2) is 0 Å². The standard InChI is InChI=1S/C30H35Cl2N5O4/c31-23-5-3-6-24(29(23)32)35-16-14-34(15-17-35)12-1-2-18-41-22-10-8-21-9-11-27(38)37(26(21)19-22)30(40)25-7-4-13-36(25)28(39)20-33/h3,5-6,8-11,19,25H,1-2,4,7,12-18,20,33H2. The lowest BCUT2D eigenvalue weighted by Crippen LogP contribution is -2.47. The molecule has 0 spiro atoms. The molecule has 0 aliphatic carbocycles. The number of amides is 1. The Balaban J connectivity index is 1.15. The number of hydrogen-bond acceptors (Lipinski definition) is 7. The second-order valence-corrected chi connectivity index (χ2v) is 11.3. The molecule has 218 valence electrons. The van der Waals surface area contributed by atoms with Gasteiger partial charge in [0.05, 0.1) is 34.4 Å². The Labute approximate surface area is 249 Å². The average Bonchev–Trinajstić information content (AvgIpc) is 3.48. The number of nitrogens with zero attached hydrogens (tertiary/aromatic N) is 4. The smallest absolute Gasteiger partial charge is 0.257 e. The third-order valence-corrected chi connectivity index (χ3v) is 8.71. The van der Waals surface area contributed by atoms with Crippen LogP contribution in [-0.4, -0.2) is 84.6 Å². The molecule has 2 saturated heterocycles. The van der Waals surface area contributed by atoms with E-state index in [9.17, 15) is 14.4 Å². The molecule has 2 aliphatic rings. The first-order valence-electron chi connectivity index (χ1n) is 14.1. The first-order chi connectivity index (χ1) is 19.9. The molecule has 9 nitrogen and oxygen atoms in total. The number of piperazine rings is 1. The maximum absolute atomic E-state index is 13.5. The topological polar surface area (TPSA) is 101 Å². The summed E-state index contributed by atoms with van der Waals surface area (Å²) in [6, 6.07) is 13.6. The number of pyridine rings is 1. The minimum atomic E-state index is -0.691. The predicted octanol–water partition coefficient (Wildman–Crippen LogP) is 3.88. The number of unbranched alkanes of at least 4 members (excludes halogenated alkanes) is 1. The Morgan fingerprint density at radius 3 is 2.54 bits per heavy atom. The van der Waals surface area contributed by atoms with Crippen molar-refractivity contribution in [1.82, 2.24) is 14.4 Å². The lowest BCUT2D eigenvalue weighted by molar-refractivity contribution is -0.129. The molecule has 0 saturated carbocycles. The molecule has 3 aromatic rings. The lowest BCUT2D eigenvalue weighted by Gasteiger charge is -2.36. The lowest BCUT2D eigenvalue weighted by atomic mass is 10.1. The van der Waals surface area contributed by atoms with Gasteiger partial charge >= 0.3 is 0 Å². The molecule has 5 rings (SSSR count). The highest BCUT2D eigenvalue weighted by Gasteiger charge is 2.35. The van der Waals surface area contributed by atoms with Crippen molar-refractivity contribution >= 4 is 51.6 Å². The number of rotatable bonds is 9. The number of carbonyl (C=O) groups is 2. The van der Waals surface area contributed by atoms with E-state index in [1.54, 1.807) is 18.2 Å². The zero-order valence-electron chi connectivity index (χ0n) is 22.9. The Hall–Kier alpha value is -3.11. The van der Waals surface area contributed by atoms with Gasteiger partial charge in [0, 0.05) is 44.9 Å². The molecule has 1 amide bonds. The summed E-state index contributed by atoms with van der Waals surface area (Å²) in [5.41, 5.74) is 6.58. The van der Waals surface area contributed by atoms with Gasteiger partial charge in [0.1, 0.15) is 11.8 Å². The highest BCUT2D eigenvalue weighted by molar-refractivity contribution is 6.43. The van der Waals surface area contributed by atoms with Crippen molar-refractivity contribution < 1.29 is 14.3 Å². The minimum absolute atomic E-state index is 0.166. The third kappa shape index (κ3) is 6.54. The van der Waals surface area contributed by atoms with E-state index in [-0.39, 0.29) is 12.5 Å². The van der Waals surface area contributed by atoms with Gasteiger partial charge in [-0.25, -0.2) is 4.57 Å². The van der Waals surface area contributed by atoms with Crippen LogP contribution in [0.25, 0.3) is 10.9 Å². The second kappa shape index (κ2) is 13.2. The number of aromatic nitrogens is 1. The van der Waals surface area contributed by atoms with E-state index in [0.717, 1.165) is 56.6 Å². The van der Waals surface area contributed by atoms with E-state index in [1.165, 1.54) is 15.5 Å². The summed E-state index contributed by atoms with van der Waals surface area (Å²) in [7, 11) is 0. The van der Waals surface area contributed by atoms with E-state index >= 15 is 0 Å². The molecule has 0 radical (unpaired) electrons. The van der Waals surface area contributed by atoms with Crippen LogP contribution in [0.15, 0.2) is 53.3 Å². The van der Waals surface area contributed by atoms with Gasteiger partial charge in [0.2, 0.25) is 5.91 Å². The number of anilines is 1. The summed E-state index contributed by atoms with van der Waals surface area (Å²) in [4.78, 5) is 44.8. The summed E-state index contributed by atoms with van der Waals surface area (Å²) in [6.07, 6.45) is 3.06. The van der Waals surface area contributed by atoms with Crippen molar-refractivity contribution in [3.8, 4) is 5.75 Å². The molecule has 41 heavy (non-hydrogen) atoms. The Morgan fingerprint density at radius 1 is 0.976 bits per heavy atom. The van der Waals surface area contributed by atoms with Gasteiger partial charge in [-0.2, -0.15) is 0 Å². The monoisotopic (exact) mass is 599 g/mol. The molecule has 2 N–H and O–H groups in total. The number of halogens is 2. The molecule has 2 fully saturated rings. The number of likely N-dealkylation sites (tertiary alicyclic amines) is 1. The normalized spacial score (nSPS) is 17.8. The number of nitrogens with two attached hydrogens (primary N) is 1. The van der Waals surface area contributed by atoms with Crippen molar-refractivity contribution in [1.29, 1.82) is 0 Å². The van der Waals surface area contributed by atoms with Gasteiger partial charge < -0.3 is 20.3 Å². The van der Waals surface area contributed by atoms with Crippen LogP contribution in [0.2, 0.25) is 10.0 Å². The van der Waals surface area contributed by atoms with Gasteiger partial charge in [-0.15, -0.1) is 0 Å². The molecule has 11 heteroatoms. The maximum atomic E-state index is 13.5. The molecule has 2 aromatic carbocycles. The molecule has 1 aromatic heterocycles. The summed E-state index contributed by atoms with van der Waals surface area (Å²) in [6.45, 7) is 5.50. The van der Waals surface area contributed by atoms with Gasteiger partial charge in [-0.05, 0) is 67.9 Å². The maximum Gasteiger partial charge on any atom is 0.257 e. The summed E-state index contributed by atoms with van der Waals surface area (Å²) >= 11 is 12.6. The number of fused-ring (bicyclic) bond motifs is 1. The minimum Gasteiger partial charge on any atom is -0.494 e. The van der Waals surface area contributed by atoms with Crippen LogP contribution in [0.4, 0.5) is 5.69 Å². The molecule has 3 heterocycles. The van der Waals surface area contributed by atoms with Crippen LogP contribution in [0.3, 0.4) is 0 Å². The molecule has 2 aliphatic heterocycles. The van der Waals surface area contributed by atoms with Gasteiger partial charge in [-0.3, -0.25) is 19.3 Å². The van der Waals surface area contributed by atoms with Crippen molar-refractivity contribution in [2.45, 2.75) is 31.7 Å². The van der Waals surface area contributed by atoms with Crippen LogP contribution in [0, 0.1) is 0 Å². The number of benzene rings is 2. The van der Waals surface area contributed by atoms with Crippen LogP contribution < -0.4 is 20.9 Å². The molecule has 1 unspecified atom stereocenters. The summed E-state index contributed by atoms with van der Waals surface area (Å²) in [5, 5.41) is 1.93. The van der Waals surface area contributed by atoms with E-state index in [2.05, 4.69) is 9.80 Å². The Kier molecular flexibility index (Phi) is 9.49. The van der Waals surface area contributed by atoms with E-state index in [4.69, 9.17) is 33.7 Å². The fourth-order valence-corrected chi connectivity index (χ4v) is 6.11. The third-order valence-electron chi connectivity index (χ3n) is 7.90. The fourth-order valence-electron chi connectivity index (χ4n) is 5.69. The fraction of sp³-hybridized carbons (Fsp3) is 0.433. The molecule has 1 atom stereocenters. The quantitative estimate of drug-likeness (QED) is 0.372. The summed E-state index contributed by atoms with van der Waals surface area (Å²) in [5.74, 6) is -0.0988. The van der Waals surface area contributed by atoms with Crippen LogP contribution in [-0.2, 0) is 4.79 Å².